The molecule has 0 aliphatic heterocycles. The fourth-order valence-corrected chi connectivity index (χ4v) is 3.63. The third-order valence-corrected chi connectivity index (χ3v) is 5.23. The molecule has 1 heterocycles. The molecule has 0 fully saturated rings. The molecular formula is C20H13Cl2NO2. The van der Waals surface area contributed by atoms with Gasteiger partial charge in [-0.1, -0.05) is 83.9 Å². The quantitative estimate of drug-likeness (QED) is 0.478. The number of rotatable bonds is 3. The number of ether oxygens (including phenoxy) is 1. The smallest absolute Gasteiger partial charge is 0.326 e. The molecule has 1 atom stereocenters. The molecule has 1 aliphatic rings. The van der Waals surface area contributed by atoms with Gasteiger partial charge in [0.05, 0.1) is 17.8 Å². The number of benzene rings is 2. The molecule has 1 aliphatic carbocycles. The molecular weight excluding hydrogens is 357 g/mol. The van der Waals surface area contributed by atoms with E-state index >= 15 is 0 Å². The van der Waals surface area contributed by atoms with Crippen LogP contribution >= 0.6 is 23.2 Å². The van der Waals surface area contributed by atoms with Crippen LogP contribution in [0.15, 0.2) is 60.7 Å². The number of methoxy groups -OCH3 is 1. The molecule has 0 spiro atoms. The van der Waals surface area contributed by atoms with Crippen LogP contribution in [0, 0.1) is 0 Å². The Morgan fingerprint density at radius 2 is 1.64 bits per heavy atom. The first-order chi connectivity index (χ1) is 12.1. The number of esters is 1. The summed E-state index contributed by atoms with van der Waals surface area (Å²) in [4.78, 5) is 17.2. The van der Waals surface area contributed by atoms with E-state index in [1.54, 1.807) is 0 Å². The number of carbonyl (C=O) groups is 1. The zero-order valence-electron chi connectivity index (χ0n) is 13.3. The van der Waals surface area contributed by atoms with Gasteiger partial charge in [0, 0.05) is 10.8 Å². The highest BCUT2D eigenvalue weighted by Crippen LogP contribution is 2.55. The van der Waals surface area contributed by atoms with Crippen LogP contribution in [0.4, 0.5) is 0 Å². The average molecular weight is 370 g/mol. The summed E-state index contributed by atoms with van der Waals surface area (Å²) in [5, 5.41) is 2.09. The summed E-state index contributed by atoms with van der Waals surface area (Å²) in [5.74, 6) is -0.387. The minimum Gasteiger partial charge on any atom is -0.468 e. The first kappa shape index (κ1) is 16.1. The predicted molar refractivity (Wildman–Crippen MR) is 99.9 cm³/mol. The predicted octanol–water partition coefficient (Wildman–Crippen LogP) is 5.05. The Hall–Kier alpha value is -2.36. The molecule has 4 rings (SSSR count). The van der Waals surface area contributed by atoms with Gasteiger partial charge < -0.3 is 4.74 Å². The fraction of sp³-hybridized carbons (Fsp3) is 0.100. The molecule has 124 valence electrons. The van der Waals surface area contributed by atoms with E-state index in [4.69, 9.17) is 27.9 Å². The van der Waals surface area contributed by atoms with Crippen LogP contribution < -0.4 is 0 Å². The summed E-state index contributed by atoms with van der Waals surface area (Å²) in [7, 11) is 1.37. The molecule has 0 bridgehead atoms. The zero-order valence-corrected chi connectivity index (χ0v) is 14.8. The van der Waals surface area contributed by atoms with Crippen molar-refractivity contribution in [2.24, 2.45) is 0 Å². The van der Waals surface area contributed by atoms with Crippen LogP contribution in [0.2, 0.25) is 10.2 Å². The lowest BCUT2D eigenvalue weighted by Gasteiger charge is -2.19. The summed E-state index contributed by atoms with van der Waals surface area (Å²) in [5.41, 5.74) is 1.31. The molecule has 0 saturated carbocycles. The van der Waals surface area contributed by atoms with Gasteiger partial charge in [0.1, 0.15) is 5.15 Å². The van der Waals surface area contributed by atoms with Crippen molar-refractivity contribution in [3.05, 3.63) is 82.1 Å². The maximum Gasteiger partial charge on any atom is 0.326 e. The summed E-state index contributed by atoms with van der Waals surface area (Å²) in [6.45, 7) is 0. The van der Waals surface area contributed by atoms with E-state index in [1.807, 2.05) is 60.7 Å². The van der Waals surface area contributed by atoms with E-state index in [0.29, 0.717) is 10.7 Å². The van der Waals surface area contributed by atoms with Crippen molar-refractivity contribution in [2.75, 3.05) is 7.11 Å². The Balaban J connectivity index is 1.97. The average Bonchev–Trinajstić information content (AvgIpc) is 3.41. The largest absolute Gasteiger partial charge is 0.468 e. The second-order valence-electron chi connectivity index (χ2n) is 5.83. The lowest BCUT2D eigenvalue weighted by atomic mass is 9.89. The fourth-order valence-electron chi connectivity index (χ4n) is 3.23. The van der Waals surface area contributed by atoms with Gasteiger partial charge in [0.2, 0.25) is 0 Å². The lowest BCUT2D eigenvalue weighted by Crippen LogP contribution is -2.27. The maximum absolute atomic E-state index is 12.7. The summed E-state index contributed by atoms with van der Waals surface area (Å²) < 4.78 is 5.10. The van der Waals surface area contributed by atoms with Crippen molar-refractivity contribution in [2.45, 2.75) is 5.41 Å². The van der Waals surface area contributed by atoms with Gasteiger partial charge in [-0.15, -0.1) is 0 Å². The van der Waals surface area contributed by atoms with Gasteiger partial charge >= 0.3 is 5.97 Å². The van der Waals surface area contributed by atoms with Gasteiger partial charge in [0.25, 0.3) is 0 Å². The first-order valence-electron chi connectivity index (χ1n) is 7.71. The summed E-state index contributed by atoms with van der Waals surface area (Å²) in [6, 6.07) is 17.2. The lowest BCUT2D eigenvalue weighted by molar-refractivity contribution is -0.142. The van der Waals surface area contributed by atoms with Crippen LogP contribution in [-0.2, 0) is 14.9 Å². The molecule has 2 aromatic carbocycles. The third-order valence-electron chi connectivity index (χ3n) is 4.48. The summed E-state index contributed by atoms with van der Waals surface area (Å²) in [6.07, 6.45) is 1.87. The second-order valence-corrected chi connectivity index (χ2v) is 6.57. The van der Waals surface area contributed by atoms with Crippen molar-refractivity contribution in [1.29, 1.82) is 0 Å². The molecule has 1 unspecified atom stereocenters. The van der Waals surface area contributed by atoms with Crippen molar-refractivity contribution in [3.63, 3.8) is 0 Å². The minimum absolute atomic E-state index is 0.173. The van der Waals surface area contributed by atoms with Gasteiger partial charge in [0.15, 0.2) is 5.41 Å². The highest BCUT2D eigenvalue weighted by Gasteiger charge is 2.56. The third kappa shape index (κ3) is 2.35. The minimum atomic E-state index is -1.04. The Bertz CT molecular complexity index is 1030. The van der Waals surface area contributed by atoms with E-state index in [9.17, 15) is 4.79 Å². The monoisotopic (exact) mass is 369 g/mol. The number of aromatic nitrogens is 1. The van der Waals surface area contributed by atoms with Crippen molar-refractivity contribution in [3.8, 4) is 0 Å². The molecule has 0 saturated heterocycles. The van der Waals surface area contributed by atoms with E-state index in [-0.39, 0.29) is 11.1 Å². The van der Waals surface area contributed by atoms with Gasteiger partial charge in [-0.25, -0.2) is 4.98 Å². The Morgan fingerprint density at radius 1 is 1.00 bits per heavy atom. The van der Waals surface area contributed by atoms with E-state index in [1.165, 1.54) is 7.11 Å². The topological polar surface area (TPSA) is 39.2 Å². The summed E-state index contributed by atoms with van der Waals surface area (Å²) >= 11 is 12.6. The molecule has 0 radical (unpaired) electrons. The highest BCUT2D eigenvalue weighted by atomic mass is 35.5. The van der Waals surface area contributed by atoms with Gasteiger partial charge in [-0.3, -0.25) is 4.79 Å². The number of halogens is 2. The van der Waals surface area contributed by atoms with Crippen LogP contribution in [0.5, 0.6) is 0 Å². The molecule has 25 heavy (non-hydrogen) atoms. The molecule has 1 aromatic heterocycles. The number of hydrogen-bond donors (Lipinski definition) is 0. The number of pyridine rings is 1. The Kier molecular flexibility index (Phi) is 3.78. The first-order valence-corrected chi connectivity index (χ1v) is 8.46. The number of fused-ring (bicyclic) bond motifs is 1. The number of nitrogens with zero attached hydrogens (tertiary/aromatic N) is 1. The molecule has 3 nitrogen and oxygen atoms in total. The van der Waals surface area contributed by atoms with Crippen molar-refractivity contribution >= 4 is 45.5 Å². The zero-order chi connectivity index (χ0) is 17.6. The molecule has 0 N–H and O–H groups in total. The van der Waals surface area contributed by atoms with E-state index in [0.717, 1.165) is 21.9 Å². The molecule has 5 heteroatoms. The van der Waals surface area contributed by atoms with E-state index < -0.39 is 5.41 Å². The number of hydrogen-bond acceptors (Lipinski definition) is 3. The highest BCUT2D eigenvalue weighted by molar-refractivity contribution is 6.44. The Morgan fingerprint density at radius 3 is 2.32 bits per heavy atom. The van der Waals surface area contributed by atoms with Gasteiger partial charge in [-0.05, 0) is 11.1 Å². The molecule has 0 amide bonds. The van der Waals surface area contributed by atoms with Crippen molar-refractivity contribution in [1.82, 2.24) is 4.98 Å². The van der Waals surface area contributed by atoms with Crippen LogP contribution in [-0.4, -0.2) is 18.1 Å². The van der Waals surface area contributed by atoms with Gasteiger partial charge in [-0.2, -0.15) is 0 Å². The van der Waals surface area contributed by atoms with E-state index in [2.05, 4.69) is 4.98 Å². The van der Waals surface area contributed by atoms with Crippen LogP contribution in [0.25, 0.3) is 16.3 Å². The van der Waals surface area contributed by atoms with Crippen LogP contribution in [0.3, 0.4) is 0 Å². The second kappa shape index (κ2) is 5.87. The van der Waals surface area contributed by atoms with Crippen molar-refractivity contribution < 1.29 is 9.53 Å². The Labute approximate surface area is 154 Å². The molecule has 3 aromatic rings. The normalized spacial score (nSPS) is 18.8. The standard InChI is InChI=1S/C20H13Cl2NO2/c1-25-19(24)20(11-15(20)12-7-3-2-4-8-12)17-14-10-6-5-9-13(14)16(21)18(22)23-17/h2-11H,1H3. The van der Waals surface area contributed by atoms with Crippen LogP contribution in [0.1, 0.15) is 11.3 Å². The SMILES string of the molecule is COC(=O)C1(c2nc(Cl)c(Cl)c3ccccc23)C=C1c1ccccc1. The maximum atomic E-state index is 12.7. The number of carbonyl (C=O) groups excluding carboxylic acids is 1.